The summed E-state index contributed by atoms with van der Waals surface area (Å²) in [5, 5.41) is 24.5. The van der Waals surface area contributed by atoms with E-state index < -0.39 is 5.82 Å². The van der Waals surface area contributed by atoms with Crippen LogP contribution in [-0.2, 0) is 0 Å². The fourth-order valence-electron chi connectivity index (χ4n) is 1.95. The smallest absolute Gasteiger partial charge is 0.229 e. The molecule has 0 bridgehead atoms. The zero-order valence-corrected chi connectivity index (χ0v) is 13.1. The maximum absolute atomic E-state index is 13.8. The number of hydrogen-bond acceptors (Lipinski definition) is 6. The molecule has 0 saturated heterocycles. The molecule has 0 amide bonds. The molecule has 4 N–H and O–H groups in total. The Kier molecular flexibility index (Phi) is 5.39. The first kappa shape index (κ1) is 17.3. The van der Waals surface area contributed by atoms with E-state index in [9.17, 15) is 14.6 Å². The van der Waals surface area contributed by atoms with E-state index in [1.165, 1.54) is 24.3 Å². The predicted octanol–water partition coefficient (Wildman–Crippen LogP) is 3.94. The summed E-state index contributed by atoms with van der Waals surface area (Å²) in [4.78, 5) is 7.91. The molecule has 0 atom stereocenters. The summed E-state index contributed by atoms with van der Waals surface area (Å²) in [5.41, 5.74) is 1.06. The molecular formula is C16H14ClFN4O2. The van der Waals surface area contributed by atoms with Crippen LogP contribution >= 0.6 is 12.4 Å². The van der Waals surface area contributed by atoms with Crippen LogP contribution < -0.4 is 10.6 Å². The number of halogens is 2. The lowest BCUT2D eigenvalue weighted by atomic mass is 10.3. The third-order valence-electron chi connectivity index (χ3n) is 2.96. The highest BCUT2D eigenvalue weighted by atomic mass is 35.5. The average molecular weight is 349 g/mol. The second kappa shape index (κ2) is 7.47. The van der Waals surface area contributed by atoms with E-state index in [1.54, 1.807) is 24.3 Å². The fourth-order valence-corrected chi connectivity index (χ4v) is 1.95. The van der Waals surface area contributed by atoms with Gasteiger partial charge in [0.25, 0.3) is 0 Å². The normalized spacial score (nSPS) is 9.88. The molecule has 0 unspecified atom stereocenters. The van der Waals surface area contributed by atoms with Crippen molar-refractivity contribution >= 4 is 35.5 Å². The highest BCUT2D eigenvalue weighted by Crippen LogP contribution is 2.23. The molecule has 0 aliphatic carbocycles. The molecule has 124 valence electrons. The third-order valence-corrected chi connectivity index (χ3v) is 2.96. The number of nitrogens with zero attached hydrogens (tertiary/aromatic N) is 2. The van der Waals surface area contributed by atoms with Crippen LogP contribution in [-0.4, -0.2) is 20.2 Å². The van der Waals surface area contributed by atoms with Gasteiger partial charge in [-0.15, -0.1) is 12.4 Å². The highest BCUT2D eigenvalue weighted by molar-refractivity contribution is 5.85. The topological polar surface area (TPSA) is 90.3 Å². The van der Waals surface area contributed by atoms with Gasteiger partial charge in [0.15, 0.2) is 11.6 Å². The molecule has 0 saturated carbocycles. The molecule has 3 aromatic rings. The summed E-state index contributed by atoms with van der Waals surface area (Å²) >= 11 is 0. The Bertz CT molecular complexity index is 848. The number of phenolic OH excluding ortho intramolecular Hbond substituents is 2. The zero-order chi connectivity index (χ0) is 16.2. The van der Waals surface area contributed by atoms with Crippen molar-refractivity contribution in [1.29, 1.82) is 0 Å². The van der Waals surface area contributed by atoms with Crippen LogP contribution in [0.3, 0.4) is 0 Å². The van der Waals surface area contributed by atoms with Gasteiger partial charge in [0.05, 0.1) is 6.20 Å². The quantitative estimate of drug-likeness (QED) is 0.571. The second-order valence-electron chi connectivity index (χ2n) is 4.74. The van der Waals surface area contributed by atoms with Gasteiger partial charge < -0.3 is 20.8 Å². The van der Waals surface area contributed by atoms with Gasteiger partial charge in [-0.25, -0.2) is 9.37 Å². The molecule has 2 aromatic carbocycles. The first-order chi connectivity index (χ1) is 11.1. The first-order valence-corrected chi connectivity index (χ1v) is 6.75. The minimum atomic E-state index is -0.630. The largest absolute Gasteiger partial charge is 0.508 e. The van der Waals surface area contributed by atoms with Crippen LogP contribution in [0.25, 0.3) is 0 Å². The summed E-state index contributed by atoms with van der Waals surface area (Å²) in [5.74, 6) is -0.347. The van der Waals surface area contributed by atoms with Gasteiger partial charge in [-0.05, 0) is 24.3 Å². The zero-order valence-electron chi connectivity index (χ0n) is 12.3. The van der Waals surface area contributed by atoms with Crippen LogP contribution in [0.15, 0.2) is 54.7 Å². The van der Waals surface area contributed by atoms with Crippen LogP contribution in [0, 0.1) is 5.82 Å². The van der Waals surface area contributed by atoms with Gasteiger partial charge in [-0.1, -0.05) is 12.1 Å². The number of benzene rings is 2. The SMILES string of the molecule is Cl.Oc1cccc(Nc2ncc(F)c(Nc3cccc(O)c3)n2)c1. The van der Waals surface area contributed by atoms with Crippen molar-refractivity contribution in [1.82, 2.24) is 9.97 Å². The predicted molar refractivity (Wildman–Crippen MR) is 92.0 cm³/mol. The van der Waals surface area contributed by atoms with Crippen molar-refractivity contribution in [2.24, 2.45) is 0 Å². The number of rotatable bonds is 4. The molecule has 0 aliphatic heterocycles. The number of nitrogens with one attached hydrogen (secondary N) is 2. The third kappa shape index (κ3) is 4.23. The Hall–Kier alpha value is -3.06. The molecule has 0 fully saturated rings. The Labute approximate surface area is 143 Å². The molecule has 1 aromatic heterocycles. The number of aromatic nitrogens is 2. The van der Waals surface area contributed by atoms with Gasteiger partial charge in [-0.3, -0.25) is 0 Å². The lowest BCUT2D eigenvalue weighted by Crippen LogP contribution is -2.03. The van der Waals surface area contributed by atoms with E-state index in [1.807, 2.05) is 0 Å². The standard InChI is InChI=1S/C16H13FN4O2.ClH/c17-14-9-18-16(20-11-4-2-6-13(23)8-11)21-15(14)19-10-3-1-5-12(22)7-10;/h1-9,22-23H,(H2,18,19,20,21);1H. The summed E-state index contributed by atoms with van der Waals surface area (Å²) < 4.78 is 13.8. The van der Waals surface area contributed by atoms with Crippen molar-refractivity contribution in [2.45, 2.75) is 0 Å². The number of hydrogen-bond donors (Lipinski definition) is 4. The van der Waals surface area contributed by atoms with E-state index >= 15 is 0 Å². The number of anilines is 4. The van der Waals surface area contributed by atoms with Gasteiger partial charge in [0, 0.05) is 23.5 Å². The van der Waals surface area contributed by atoms with Gasteiger partial charge in [0.1, 0.15) is 11.5 Å². The molecule has 6 nitrogen and oxygen atoms in total. The number of aromatic hydroxyl groups is 2. The minimum Gasteiger partial charge on any atom is -0.508 e. The maximum Gasteiger partial charge on any atom is 0.229 e. The van der Waals surface area contributed by atoms with E-state index in [0.29, 0.717) is 11.4 Å². The van der Waals surface area contributed by atoms with Gasteiger partial charge in [-0.2, -0.15) is 4.98 Å². The highest BCUT2D eigenvalue weighted by Gasteiger charge is 2.08. The lowest BCUT2D eigenvalue weighted by Gasteiger charge is -2.10. The molecule has 1 heterocycles. The molecule has 0 radical (unpaired) electrons. The van der Waals surface area contributed by atoms with Gasteiger partial charge in [0.2, 0.25) is 5.95 Å². The van der Waals surface area contributed by atoms with Crippen LogP contribution in [0.5, 0.6) is 11.5 Å². The lowest BCUT2D eigenvalue weighted by molar-refractivity contribution is 0.475. The first-order valence-electron chi connectivity index (χ1n) is 6.75. The Morgan fingerprint density at radius 2 is 1.46 bits per heavy atom. The van der Waals surface area contributed by atoms with Crippen molar-refractivity contribution in [3.8, 4) is 11.5 Å². The van der Waals surface area contributed by atoms with E-state index in [-0.39, 0.29) is 35.7 Å². The Balaban J connectivity index is 0.00000208. The van der Waals surface area contributed by atoms with E-state index in [0.717, 1.165) is 6.20 Å². The van der Waals surface area contributed by atoms with Crippen LogP contribution in [0.4, 0.5) is 27.5 Å². The summed E-state index contributed by atoms with van der Waals surface area (Å²) in [7, 11) is 0. The molecule has 0 aliphatic rings. The van der Waals surface area contributed by atoms with Crippen molar-refractivity contribution in [3.63, 3.8) is 0 Å². The van der Waals surface area contributed by atoms with Crippen molar-refractivity contribution in [3.05, 3.63) is 60.5 Å². The van der Waals surface area contributed by atoms with Crippen LogP contribution in [0.2, 0.25) is 0 Å². The van der Waals surface area contributed by atoms with E-state index in [2.05, 4.69) is 20.6 Å². The molecule has 24 heavy (non-hydrogen) atoms. The fraction of sp³-hybridized carbons (Fsp3) is 0. The minimum absolute atomic E-state index is 0. The van der Waals surface area contributed by atoms with Gasteiger partial charge >= 0.3 is 0 Å². The van der Waals surface area contributed by atoms with E-state index in [4.69, 9.17) is 0 Å². The second-order valence-corrected chi connectivity index (χ2v) is 4.74. The summed E-state index contributed by atoms with van der Waals surface area (Å²) in [6.45, 7) is 0. The average Bonchev–Trinajstić information content (AvgIpc) is 2.51. The monoisotopic (exact) mass is 348 g/mol. The number of phenols is 2. The van der Waals surface area contributed by atoms with Crippen molar-refractivity contribution < 1.29 is 14.6 Å². The molecule has 0 spiro atoms. The summed E-state index contributed by atoms with van der Waals surface area (Å²) in [6.07, 6.45) is 1.03. The molecule has 3 rings (SSSR count). The Morgan fingerprint density at radius 1 is 0.875 bits per heavy atom. The maximum atomic E-state index is 13.8. The Morgan fingerprint density at radius 3 is 2.04 bits per heavy atom. The molecular weight excluding hydrogens is 335 g/mol. The van der Waals surface area contributed by atoms with Crippen molar-refractivity contribution in [2.75, 3.05) is 10.6 Å². The molecule has 8 heteroatoms. The summed E-state index contributed by atoms with van der Waals surface area (Å²) in [6, 6.07) is 12.7. The van der Waals surface area contributed by atoms with Crippen LogP contribution in [0.1, 0.15) is 0 Å².